The van der Waals surface area contributed by atoms with Crippen LogP contribution in [0, 0.1) is 0 Å². The van der Waals surface area contributed by atoms with Crippen LogP contribution in [0.3, 0.4) is 0 Å². The van der Waals surface area contributed by atoms with Gasteiger partial charge in [0.05, 0.1) is 17.7 Å². The smallest absolute Gasteiger partial charge is 0.336 e. The van der Waals surface area contributed by atoms with Crippen molar-refractivity contribution in [2.45, 2.75) is 30.6 Å². The third-order valence-corrected chi connectivity index (χ3v) is 3.57. The molecule has 1 amide bonds. The Morgan fingerprint density at radius 3 is 2.22 bits per heavy atom. The van der Waals surface area contributed by atoms with Gasteiger partial charge in [-0.05, 0) is 12.1 Å². The molecule has 1 saturated heterocycles. The van der Waals surface area contributed by atoms with Crippen molar-refractivity contribution in [2.24, 2.45) is 0 Å². The fourth-order valence-electron chi connectivity index (χ4n) is 2.30. The van der Waals surface area contributed by atoms with Gasteiger partial charge in [0.25, 0.3) is 5.91 Å². The van der Waals surface area contributed by atoms with Gasteiger partial charge in [-0.1, -0.05) is 12.1 Å². The number of aliphatic hydroxyl groups excluding tert-OH is 4. The normalized spacial score (nSPS) is 30.7. The molecule has 23 heavy (non-hydrogen) atoms. The molecular formula is C14H17NO8. The van der Waals surface area contributed by atoms with Crippen molar-refractivity contribution in [3.05, 3.63) is 35.4 Å². The minimum atomic E-state index is -1.64. The highest BCUT2D eigenvalue weighted by Crippen LogP contribution is 2.20. The van der Waals surface area contributed by atoms with Gasteiger partial charge in [0.15, 0.2) is 6.23 Å². The number of carbonyl (C=O) groups excluding carboxylic acids is 1. The van der Waals surface area contributed by atoms with Gasteiger partial charge in [0, 0.05) is 0 Å². The molecule has 2 rings (SSSR count). The second-order valence-corrected chi connectivity index (χ2v) is 5.07. The quantitative estimate of drug-likeness (QED) is 0.368. The zero-order valence-electron chi connectivity index (χ0n) is 11.9. The first-order valence-electron chi connectivity index (χ1n) is 6.80. The Hall–Kier alpha value is -2.04. The predicted octanol–water partition coefficient (Wildman–Crippen LogP) is -2.09. The maximum absolute atomic E-state index is 12.2. The second-order valence-electron chi connectivity index (χ2n) is 5.07. The molecule has 0 spiro atoms. The van der Waals surface area contributed by atoms with Gasteiger partial charge in [0.1, 0.15) is 24.4 Å². The zero-order chi connectivity index (χ0) is 17.1. The standard InChI is InChI=1S/C14H17NO8/c16-5-8-9(17)10(18)11(19)13(23-8)15-12(20)6-3-1-2-4-7(6)14(21)22/h1-4,8-11,13,16-19H,5H2,(H,15,20)(H,21,22)/t8-,9-,10+,11-,13-/m1/s1. The molecular weight excluding hydrogens is 310 g/mol. The van der Waals surface area contributed by atoms with Crippen LogP contribution in [0.4, 0.5) is 0 Å². The molecule has 1 aromatic carbocycles. The first-order chi connectivity index (χ1) is 10.9. The van der Waals surface area contributed by atoms with Crippen LogP contribution in [-0.2, 0) is 4.74 Å². The number of carboxylic acid groups (broad SMARTS) is 1. The van der Waals surface area contributed by atoms with E-state index in [-0.39, 0.29) is 11.1 Å². The molecule has 1 aliphatic heterocycles. The number of ether oxygens (including phenoxy) is 1. The van der Waals surface area contributed by atoms with Gasteiger partial charge in [-0.2, -0.15) is 0 Å². The fourth-order valence-corrected chi connectivity index (χ4v) is 2.30. The lowest BCUT2D eigenvalue weighted by atomic mass is 9.98. The summed E-state index contributed by atoms with van der Waals surface area (Å²) in [7, 11) is 0. The van der Waals surface area contributed by atoms with Crippen LogP contribution in [0.2, 0.25) is 0 Å². The highest BCUT2D eigenvalue weighted by atomic mass is 16.6. The Kier molecular flexibility index (Phi) is 5.29. The Balaban J connectivity index is 2.18. The van der Waals surface area contributed by atoms with E-state index in [4.69, 9.17) is 14.9 Å². The van der Waals surface area contributed by atoms with Crippen molar-refractivity contribution < 1.29 is 39.9 Å². The number of rotatable bonds is 4. The number of carboxylic acids is 1. The summed E-state index contributed by atoms with van der Waals surface area (Å²) in [6.45, 7) is -0.636. The molecule has 1 aromatic rings. The first-order valence-corrected chi connectivity index (χ1v) is 6.80. The predicted molar refractivity (Wildman–Crippen MR) is 74.6 cm³/mol. The van der Waals surface area contributed by atoms with E-state index < -0.39 is 49.1 Å². The molecule has 9 heteroatoms. The van der Waals surface area contributed by atoms with Gasteiger partial charge >= 0.3 is 5.97 Å². The largest absolute Gasteiger partial charge is 0.478 e. The SMILES string of the molecule is O=C(O)c1ccccc1C(=O)N[C@@H]1O[C@H](CO)[C@@H](O)[C@H](O)[C@H]1O. The molecule has 1 heterocycles. The topological polar surface area (TPSA) is 157 Å². The minimum absolute atomic E-state index is 0.156. The first kappa shape index (κ1) is 17.3. The number of benzene rings is 1. The molecule has 1 fully saturated rings. The van der Waals surface area contributed by atoms with E-state index in [0.717, 1.165) is 0 Å². The van der Waals surface area contributed by atoms with Crippen molar-refractivity contribution in [3.8, 4) is 0 Å². The molecule has 0 bridgehead atoms. The second kappa shape index (κ2) is 7.02. The summed E-state index contributed by atoms with van der Waals surface area (Å²) in [4.78, 5) is 23.3. The van der Waals surface area contributed by atoms with Crippen LogP contribution in [0.25, 0.3) is 0 Å². The van der Waals surface area contributed by atoms with E-state index in [1.807, 2.05) is 0 Å². The summed E-state index contributed by atoms with van der Waals surface area (Å²) in [5.41, 5.74) is -0.397. The highest BCUT2D eigenvalue weighted by molar-refractivity contribution is 6.04. The molecule has 0 aliphatic carbocycles. The van der Waals surface area contributed by atoms with Gasteiger partial charge < -0.3 is 35.6 Å². The van der Waals surface area contributed by atoms with Crippen LogP contribution >= 0.6 is 0 Å². The van der Waals surface area contributed by atoms with Crippen molar-refractivity contribution >= 4 is 11.9 Å². The summed E-state index contributed by atoms with van der Waals surface area (Å²) in [5.74, 6) is -2.14. The number of amides is 1. The van der Waals surface area contributed by atoms with E-state index in [2.05, 4.69) is 5.32 Å². The maximum Gasteiger partial charge on any atom is 0.336 e. The van der Waals surface area contributed by atoms with E-state index in [9.17, 15) is 24.9 Å². The van der Waals surface area contributed by atoms with Crippen molar-refractivity contribution in [1.82, 2.24) is 5.32 Å². The monoisotopic (exact) mass is 327 g/mol. The maximum atomic E-state index is 12.2. The van der Waals surface area contributed by atoms with Crippen LogP contribution < -0.4 is 5.32 Å². The third-order valence-electron chi connectivity index (χ3n) is 3.57. The minimum Gasteiger partial charge on any atom is -0.478 e. The van der Waals surface area contributed by atoms with Gasteiger partial charge in [0.2, 0.25) is 0 Å². The molecule has 0 aromatic heterocycles. The van der Waals surface area contributed by atoms with Crippen LogP contribution in [0.1, 0.15) is 20.7 Å². The number of aromatic carboxylic acids is 1. The Morgan fingerprint density at radius 1 is 1.04 bits per heavy atom. The van der Waals surface area contributed by atoms with E-state index in [1.165, 1.54) is 24.3 Å². The zero-order valence-corrected chi connectivity index (χ0v) is 11.9. The summed E-state index contributed by atoms with van der Waals surface area (Å²) in [6.07, 6.45) is -7.42. The molecule has 126 valence electrons. The number of carbonyl (C=O) groups is 2. The molecule has 5 atom stereocenters. The molecule has 6 N–H and O–H groups in total. The lowest BCUT2D eigenvalue weighted by Gasteiger charge is -2.40. The van der Waals surface area contributed by atoms with Crippen molar-refractivity contribution in [3.63, 3.8) is 0 Å². The van der Waals surface area contributed by atoms with Crippen molar-refractivity contribution in [2.75, 3.05) is 6.61 Å². The molecule has 1 aliphatic rings. The summed E-state index contributed by atoms with van der Waals surface area (Å²) in [5, 5.41) is 49.5. The van der Waals surface area contributed by atoms with E-state index in [1.54, 1.807) is 0 Å². The summed E-state index contributed by atoms with van der Waals surface area (Å²) < 4.78 is 5.13. The lowest BCUT2D eigenvalue weighted by Crippen LogP contribution is -2.63. The van der Waals surface area contributed by atoms with Crippen molar-refractivity contribution in [1.29, 1.82) is 0 Å². The lowest BCUT2D eigenvalue weighted by molar-refractivity contribution is -0.233. The van der Waals surface area contributed by atoms with Crippen LogP contribution in [0.15, 0.2) is 24.3 Å². The summed E-state index contributed by atoms with van der Waals surface area (Å²) in [6, 6.07) is 5.44. The summed E-state index contributed by atoms with van der Waals surface area (Å²) >= 11 is 0. The Morgan fingerprint density at radius 2 is 1.65 bits per heavy atom. The average molecular weight is 327 g/mol. The Bertz CT molecular complexity index is 590. The number of nitrogens with one attached hydrogen (secondary N) is 1. The van der Waals surface area contributed by atoms with Crippen LogP contribution in [0.5, 0.6) is 0 Å². The van der Waals surface area contributed by atoms with Crippen LogP contribution in [-0.4, -0.2) is 74.7 Å². The van der Waals surface area contributed by atoms with Gasteiger partial charge in [-0.3, -0.25) is 4.79 Å². The number of aliphatic hydroxyl groups is 4. The Labute approximate surface area is 130 Å². The number of hydrogen-bond acceptors (Lipinski definition) is 7. The molecule has 0 radical (unpaired) electrons. The molecule has 0 unspecified atom stereocenters. The van der Waals surface area contributed by atoms with E-state index >= 15 is 0 Å². The van der Waals surface area contributed by atoms with Gasteiger partial charge in [-0.15, -0.1) is 0 Å². The third kappa shape index (κ3) is 3.49. The van der Waals surface area contributed by atoms with E-state index in [0.29, 0.717) is 0 Å². The average Bonchev–Trinajstić information content (AvgIpc) is 2.55. The fraction of sp³-hybridized carbons (Fsp3) is 0.429. The highest BCUT2D eigenvalue weighted by Gasteiger charge is 2.44. The molecule has 0 saturated carbocycles. The van der Waals surface area contributed by atoms with Gasteiger partial charge in [-0.25, -0.2) is 4.79 Å². The number of hydrogen-bond donors (Lipinski definition) is 6. The molecule has 9 nitrogen and oxygen atoms in total.